The van der Waals surface area contributed by atoms with Gasteiger partial charge in [0.05, 0.1) is 17.5 Å². The average molecular weight is 490 g/mol. The molecule has 1 heterocycles. The summed E-state index contributed by atoms with van der Waals surface area (Å²) in [7, 11) is -1.46. The summed E-state index contributed by atoms with van der Waals surface area (Å²) in [5.41, 5.74) is 0. The Kier molecular flexibility index (Phi) is 10.8. The molecule has 150 valence electrons. The number of nitrogens with one attached hydrogen (secondary N) is 2. The molecular formula is C16H35IN4O3S. The van der Waals surface area contributed by atoms with E-state index in [1.54, 1.807) is 20.9 Å². The Morgan fingerprint density at radius 3 is 2.52 bits per heavy atom. The maximum Gasteiger partial charge on any atom is 0.191 e. The van der Waals surface area contributed by atoms with Gasteiger partial charge in [-0.3, -0.25) is 9.89 Å². The van der Waals surface area contributed by atoms with Crippen LogP contribution in [0.2, 0.25) is 0 Å². The van der Waals surface area contributed by atoms with Gasteiger partial charge in [-0.05, 0) is 19.8 Å². The highest BCUT2D eigenvalue weighted by atomic mass is 127. The van der Waals surface area contributed by atoms with E-state index in [1.165, 1.54) is 6.26 Å². The van der Waals surface area contributed by atoms with Crippen molar-refractivity contribution in [3.8, 4) is 0 Å². The van der Waals surface area contributed by atoms with Gasteiger partial charge in [-0.15, -0.1) is 24.0 Å². The van der Waals surface area contributed by atoms with Crippen LogP contribution >= 0.6 is 24.0 Å². The molecule has 1 rings (SSSR count). The van der Waals surface area contributed by atoms with Gasteiger partial charge in [0.2, 0.25) is 0 Å². The smallest absolute Gasteiger partial charge is 0.191 e. The quantitative estimate of drug-likeness (QED) is 0.314. The van der Waals surface area contributed by atoms with Gasteiger partial charge in [0.25, 0.3) is 0 Å². The molecule has 0 aliphatic carbocycles. The number of rotatable bonds is 7. The monoisotopic (exact) mass is 490 g/mol. The second kappa shape index (κ2) is 10.9. The molecule has 0 aromatic carbocycles. The van der Waals surface area contributed by atoms with Gasteiger partial charge in [-0.1, -0.05) is 13.8 Å². The summed E-state index contributed by atoms with van der Waals surface area (Å²) in [5, 5.41) is 6.32. The number of morpholine rings is 1. The maximum absolute atomic E-state index is 11.8. The minimum Gasteiger partial charge on any atom is -0.374 e. The molecule has 25 heavy (non-hydrogen) atoms. The van der Waals surface area contributed by atoms with Crippen LogP contribution in [0.25, 0.3) is 0 Å². The minimum atomic E-state index is -3.14. The van der Waals surface area contributed by atoms with Crippen LogP contribution in [0.3, 0.4) is 0 Å². The van der Waals surface area contributed by atoms with E-state index in [4.69, 9.17) is 4.74 Å². The zero-order valence-corrected chi connectivity index (χ0v) is 19.5. The van der Waals surface area contributed by atoms with Crippen LogP contribution in [0.1, 0.15) is 27.7 Å². The van der Waals surface area contributed by atoms with Crippen molar-refractivity contribution in [2.75, 3.05) is 52.6 Å². The van der Waals surface area contributed by atoms with E-state index >= 15 is 0 Å². The van der Waals surface area contributed by atoms with E-state index in [-0.39, 0.29) is 30.1 Å². The number of hydrogen-bond acceptors (Lipinski definition) is 5. The van der Waals surface area contributed by atoms with Crippen LogP contribution in [-0.4, -0.2) is 82.8 Å². The zero-order valence-electron chi connectivity index (χ0n) is 16.3. The summed E-state index contributed by atoms with van der Waals surface area (Å²) in [6, 6.07) is 0. The van der Waals surface area contributed by atoms with Crippen molar-refractivity contribution in [1.82, 2.24) is 15.5 Å². The number of halogens is 1. The van der Waals surface area contributed by atoms with Crippen molar-refractivity contribution in [3.05, 3.63) is 0 Å². The van der Waals surface area contributed by atoms with Crippen LogP contribution in [0, 0.1) is 5.92 Å². The molecule has 1 aliphatic rings. The second-order valence-electron chi connectivity index (χ2n) is 7.48. The summed E-state index contributed by atoms with van der Waals surface area (Å²) >= 11 is 0. The Bertz CT molecular complexity index is 523. The number of aliphatic imine (C=N–C) groups is 1. The highest BCUT2D eigenvalue weighted by molar-refractivity contribution is 14.0. The maximum atomic E-state index is 11.8. The van der Waals surface area contributed by atoms with Gasteiger partial charge >= 0.3 is 0 Å². The lowest BCUT2D eigenvalue weighted by molar-refractivity contribution is -0.0284. The van der Waals surface area contributed by atoms with E-state index < -0.39 is 14.6 Å². The molecule has 0 aromatic heterocycles. The van der Waals surface area contributed by atoms with Crippen molar-refractivity contribution >= 4 is 39.8 Å². The van der Waals surface area contributed by atoms with E-state index in [1.807, 2.05) is 0 Å². The molecule has 1 unspecified atom stereocenters. The van der Waals surface area contributed by atoms with E-state index in [0.717, 1.165) is 26.2 Å². The molecule has 0 amide bonds. The van der Waals surface area contributed by atoms with Crippen molar-refractivity contribution < 1.29 is 13.2 Å². The molecule has 0 bridgehead atoms. The number of nitrogens with zero attached hydrogens (tertiary/aromatic N) is 2. The summed E-state index contributed by atoms with van der Waals surface area (Å²) in [5.74, 6) is 1.24. The summed E-state index contributed by atoms with van der Waals surface area (Å²) in [6.07, 6.45) is 1.36. The molecule has 2 N–H and O–H groups in total. The highest BCUT2D eigenvalue weighted by Gasteiger charge is 2.30. The van der Waals surface area contributed by atoms with E-state index in [2.05, 4.69) is 34.4 Å². The van der Waals surface area contributed by atoms with Crippen molar-refractivity contribution in [2.45, 2.75) is 38.5 Å². The Hall–Kier alpha value is -0.130. The first-order chi connectivity index (χ1) is 11.0. The summed E-state index contributed by atoms with van der Waals surface area (Å²) < 4.78 is 28.5. The minimum absolute atomic E-state index is 0. The van der Waals surface area contributed by atoms with Crippen LogP contribution in [0.4, 0.5) is 0 Å². The topological polar surface area (TPSA) is 83.0 Å². The Balaban J connectivity index is 0.00000576. The van der Waals surface area contributed by atoms with Crippen LogP contribution in [0.15, 0.2) is 4.99 Å². The molecule has 0 spiro atoms. The van der Waals surface area contributed by atoms with Crippen LogP contribution in [0.5, 0.6) is 0 Å². The van der Waals surface area contributed by atoms with Gasteiger partial charge < -0.3 is 15.4 Å². The van der Waals surface area contributed by atoms with E-state index in [9.17, 15) is 8.42 Å². The second-order valence-corrected chi connectivity index (χ2v) is 10.1. The standard InChI is InChI=1S/C16H34N4O3S.HI/c1-13(2)10-20-7-8-23-14(11-20)9-18-15(17-5)19-12-16(3,4)24(6,21)22;/h13-14H,7-12H2,1-6H3,(H2,17,18,19);1H. The van der Waals surface area contributed by atoms with Crippen LogP contribution < -0.4 is 10.6 Å². The van der Waals surface area contributed by atoms with Crippen molar-refractivity contribution in [1.29, 1.82) is 0 Å². The first-order valence-electron chi connectivity index (χ1n) is 8.53. The fraction of sp³-hybridized carbons (Fsp3) is 0.938. The molecule has 9 heteroatoms. The first-order valence-corrected chi connectivity index (χ1v) is 10.4. The first kappa shape index (κ1) is 24.9. The molecule has 1 atom stereocenters. The van der Waals surface area contributed by atoms with Crippen molar-refractivity contribution in [3.63, 3.8) is 0 Å². The highest BCUT2D eigenvalue weighted by Crippen LogP contribution is 2.13. The number of guanidine groups is 1. The molecule has 1 aliphatic heterocycles. The largest absolute Gasteiger partial charge is 0.374 e. The fourth-order valence-corrected chi connectivity index (χ4v) is 2.78. The van der Waals surface area contributed by atoms with Crippen LogP contribution in [-0.2, 0) is 14.6 Å². The lowest BCUT2D eigenvalue weighted by atomic mass is 10.2. The summed E-state index contributed by atoms with van der Waals surface area (Å²) in [4.78, 5) is 6.58. The molecule has 0 saturated carbocycles. The zero-order chi connectivity index (χ0) is 18.4. The molecule has 1 saturated heterocycles. The Morgan fingerprint density at radius 1 is 1.36 bits per heavy atom. The van der Waals surface area contributed by atoms with Gasteiger partial charge in [0.15, 0.2) is 15.8 Å². The molecule has 0 radical (unpaired) electrons. The van der Waals surface area contributed by atoms with Gasteiger partial charge in [-0.2, -0.15) is 0 Å². The third kappa shape index (κ3) is 8.87. The van der Waals surface area contributed by atoms with E-state index in [0.29, 0.717) is 25.0 Å². The normalized spacial score (nSPS) is 20.3. The van der Waals surface area contributed by atoms with Gasteiger partial charge in [0.1, 0.15) is 0 Å². The molecular weight excluding hydrogens is 455 g/mol. The third-order valence-corrected chi connectivity index (χ3v) is 6.40. The lowest BCUT2D eigenvalue weighted by Crippen LogP contribution is -2.52. The van der Waals surface area contributed by atoms with Crippen molar-refractivity contribution in [2.24, 2.45) is 10.9 Å². The lowest BCUT2D eigenvalue weighted by Gasteiger charge is -2.34. The predicted octanol–water partition coefficient (Wildman–Crippen LogP) is 0.949. The fourth-order valence-electron chi connectivity index (χ4n) is 2.44. The third-order valence-electron chi connectivity index (χ3n) is 4.25. The van der Waals surface area contributed by atoms with Gasteiger partial charge in [0, 0.05) is 46.0 Å². The molecule has 7 nitrogen and oxygen atoms in total. The average Bonchev–Trinajstić information content (AvgIpc) is 2.46. The molecule has 0 aromatic rings. The number of ether oxygens (including phenoxy) is 1. The molecule has 1 fully saturated rings. The summed E-state index contributed by atoms with van der Waals surface area (Å²) in [6.45, 7) is 12.5. The number of hydrogen-bond donors (Lipinski definition) is 2. The predicted molar refractivity (Wildman–Crippen MR) is 115 cm³/mol. The van der Waals surface area contributed by atoms with Gasteiger partial charge in [-0.25, -0.2) is 8.42 Å². The Morgan fingerprint density at radius 2 is 2.00 bits per heavy atom. The SMILES string of the molecule is CN=C(NCC1CN(CC(C)C)CCO1)NCC(C)(C)S(C)(=O)=O.I. The Labute approximate surface area is 170 Å². The number of sulfone groups is 1.